The van der Waals surface area contributed by atoms with Crippen molar-refractivity contribution in [2.24, 2.45) is 0 Å². The zero-order valence-corrected chi connectivity index (χ0v) is 14.8. The normalized spacial score (nSPS) is 15.3. The number of carbonyl (C=O) groups is 2. The molecule has 2 N–H and O–H groups in total. The van der Waals surface area contributed by atoms with Crippen LogP contribution in [0.15, 0.2) is 48.5 Å². The van der Waals surface area contributed by atoms with E-state index in [0.29, 0.717) is 28.7 Å². The van der Waals surface area contributed by atoms with Crippen molar-refractivity contribution in [3.63, 3.8) is 0 Å². The number of ether oxygens (including phenoxy) is 2. The lowest BCUT2D eigenvalue weighted by molar-refractivity contribution is -0.136. The molecule has 0 radical (unpaired) electrons. The van der Waals surface area contributed by atoms with E-state index in [2.05, 4.69) is 5.32 Å². The third-order valence-corrected chi connectivity index (χ3v) is 4.75. The summed E-state index contributed by atoms with van der Waals surface area (Å²) in [5.74, 6) is 1.37. The Morgan fingerprint density at radius 1 is 1.15 bits per heavy atom. The van der Waals surface area contributed by atoms with Crippen molar-refractivity contribution in [1.82, 2.24) is 0 Å². The fourth-order valence-corrected chi connectivity index (χ4v) is 3.34. The predicted molar refractivity (Wildman–Crippen MR) is 99.8 cm³/mol. The zero-order chi connectivity index (χ0) is 18.4. The van der Waals surface area contributed by atoms with Gasteiger partial charge in [0.15, 0.2) is 11.5 Å². The smallest absolute Gasteiger partial charge is 0.304 e. The van der Waals surface area contributed by atoms with Crippen LogP contribution >= 0.6 is 11.8 Å². The van der Waals surface area contributed by atoms with Gasteiger partial charge in [0.05, 0.1) is 6.42 Å². The first-order valence-electron chi connectivity index (χ1n) is 8.19. The maximum Gasteiger partial charge on any atom is 0.304 e. The molecule has 1 unspecified atom stereocenters. The summed E-state index contributed by atoms with van der Waals surface area (Å²) < 4.78 is 11.3. The Morgan fingerprint density at radius 2 is 1.96 bits per heavy atom. The highest BCUT2D eigenvalue weighted by Gasteiger charge is 2.27. The molecular formula is C19H19NO5S. The first kappa shape index (κ1) is 18.1. The number of carboxylic acid groups (broad SMARTS) is 1. The van der Waals surface area contributed by atoms with Gasteiger partial charge in [0, 0.05) is 17.2 Å². The van der Waals surface area contributed by atoms with Gasteiger partial charge in [0.1, 0.15) is 6.61 Å². The van der Waals surface area contributed by atoms with E-state index in [4.69, 9.17) is 14.6 Å². The van der Waals surface area contributed by atoms with Crippen LogP contribution in [-0.4, -0.2) is 35.4 Å². The molecule has 2 aromatic rings. The number of aliphatic carboxylic acids is 1. The third-order valence-electron chi connectivity index (χ3n) is 3.72. The SMILES string of the molecule is O=C(O)CCSCc1cccc(NC(=O)C2COc3ccccc3O2)c1. The summed E-state index contributed by atoms with van der Waals surface area (Å²) in [6.45, 7) is 0.160. The maximum atomic E-state index is 12.4. The lowest BCUT2D eigenvalue weighted by atomic mass is 10.2. The molecule has 0 saturated heterocycles. The quantitative estimate of drug-likeness (QED) is 0.725. The number of benzene rings is 2. The van der Waals surface area contributed by atoms with Crippen LogP contribution in [0.4, 0.5) is 5.69 Å². The zero-order valence-electron chi connectivity index (χ0n) is 14.0. The van der Waals surface area contributed by atoms with Crippen LogP contribution in [-0.2, 0) is 15.3 Å². The highest BCUT2D eigenvalue weighted by atomic mass is 32.2. The average Bonchev–Trinajstić information content (AvgIpc) is 2.65. The second-order valence-electron chi connectivity index (χ2n) is 5.75. The minimum atomic E-state index is -0.796. The molecule has 7 heteroatoms. The molecule has 6 nitrogen and oxygen atoms in total. The summed E-state index contributed by atoms with van der Waals surface area (Å²) in [5.41, 5.74) is 1.69. The molecule has 0 fully saturated rings. The van der Waals surface area contributed by atoms with E-state index in [-0.39, 0.29) is 18.9 Å². The first-order chi connectivity index (χ1) is 12.6. The number of rotatable bonds is 7. The summed E-state index contributed by atoms with van der Waals surface area (Å²) in [6, 6.07) is 14.7. The maximum absolute atomic E-state index is 12.4. The van der Waals surface area contributed by atoms with Crippen LogP contribution in [0, 0.1) is 0 Å². The van der Waals surface area contributed by atoms with Gasteiger partial charge in [-0.05, 0) is 29.8 Å². The number of anilines is 1. The number of carboxylic acids is 1. The number of thioether (sulfide) groups is 1. The summed E-state index contributed by atoms with van der Waals surface area (Å²) >= 11 is 1.54. The van der Waals surface area contributed by atoms with E-state index in [1.165, 1.54) is 0 Å². The lowest BCUT2D eigenvalue weighted by Gasteiger charge is -2.25. The molecule has 136 valence electrons. The average molecular weight is 373 g/mol. The van der Waals surface area contributed by atoms with Gasteiger partial charge in [-0.25, -0.2) is 0 Å². The van der Waals surface area contributed by atoms with Crippen LogP contribution in [0.25, 0.3) is 0 Å². The Kier molecular flexibility index (Phi) is 6.01. The van der Waals surface area contributed by atoms with Crippen molar-refractivity contribution >= 4 is 29.3 Å². The van der Waals surface area contributed by atoms with Crippen LogP contribution in [0.5, 0.6) is 11.5 Å². The van der Waals surface area contributed by atoms with Gasteiger partial charge in [-0.1, -0.05) is 24.3 Å². The van der Waals surface area contributed by atoms with Crippen molar-refractivity contribution in [2.75, 3.05) is 17.7 Å². The largest absolute Gasteiger partial charge is 0.485 e. The minimum Gasteiger partial charge on any atom is -0.485 e. The molecule has 2 aromatic carbocycles. The third kappa shape index (κ3) is 4.92. The number of hydrogen-bond donors (Lipinski definition) is 2. The predicted octanol–water partition coefficient (Wildman–Crippen LogP) is 3.17. The molecule has 0 aliphatic carbocycles. The molecule has 1 atom stereocenters. The minimum absolute atomic E-state index is 0.140. The van der Waals surface area contributed by atoms with Gasteiger partial charge >= 0.3 is 5.97 Å². The molecule has 1 heterocycles. The number of hydrogen-bond acceptors (Lipinski definition) is 5. The molecule has 3 rings (SSSR count). The summed E-state index contributed by atoms with van der Waals surface area (Å²) in [7, 11) is 0. The van der Waals surface area contributed by atoms with E-state index >= 15 is 0 Å². The summed E-state index contributed by atoms with van der Waals surface area (Å²) in [5, 5.41) is 11.5. The van der Waals surface area contributed by atoms with Crippen molar-refractivity contribution in [1.29, 1.82) is 0 Å². The number of para-hydroxylation sites is 2. The highest BCUT2D eigenvalue weighted by molar-refractivity contribution is 7.98. The highest BCUT2D eigenvalue weighted by Crippen LogP contribution is 2.31. The van der Waals surface area contributed by atoms with E-state index in [9.17, 15) is 9.59 Å². The number of fused-ring (bicyclic) bond motifs is 1. The van der Waals surface area contributed by atoms with Crippen LogP contribution in [0.1, 0.15) is 12.0 Å². The molecule has 1 aliphatic heterocycles. The molecule has 0 aromatic heterocycles. The van der Waals surface area contributed by atoms with E-state index in [0.717, 1.165) is 5.56 Å². The standard InChI is InChI=1S/C19H19NO5S/c21-18(22)8-9-26-12-13-4-3-5-14(10-13)20-19(23)17-11-24-15-6-1-2-7-16(15)25-17/h1-7,10,17H,8-9,11-12H2,(H,20,23)(H,21,22). The fourth-order valence-electron chi connectivity index (χ4n) is 2.46. The van der Waals surface area contributed by atoms with E-state index < -0.39 is 12.1 Å². The van der Waals surface area contributed by atoms with E-state index in [1.807, 2.05) is 30.3 Å². The second kappa shape index (κ2) is 8.62. The van der Waals surface area contributed by atoms with Crippen molar-refractivity contribution in [3.05, 3.63) is 54.1 Å². The van der Waals surface area contributed by atoms with Gasteiger partial charge in [0.25, 0.3) is 5.91 Å². The number of amides is 1. The molecular weight excluding hydrogens is 354 g/mol. The Balaban J connectivity index is 1.54. The number of carbonyl (C=O) groups excluding carboxylic acids is 1. The van der Waals surface area contributed by atoms with Gasteiger partial charge in [-0.3, -0.25) is 9.59 Å². The van der Waals surface area contributed by atoms with Gasteiger partial charge in [0.2, 0.25) is 6.10 Å². The fraction of sp³-hybridized carbons (Fsp3) is 0.263. The Bertz CT molecular complexity index is 795. The molecule has 1 amide bonds. The molecule has 0 saturated carbocycles. The summed E-state index contributed by atoms with van der Waals surface area (Å²) in [4.78, 5) is 23.0. The Labute approximate surface area is 155 Å². The molecule has 26 heavy (non-hydrogen) atoms. The van der Waals surface area contributed by atoms with Crippen LogP contribution in [0.2, 0.25) is 0 Å². The molecule has 0 spiro atoms. The molecule has 0 bridgehead atoms. The van der Waals surface area contributed by atoms with Gasteiger partial charge in [-0.15, -0.1) is 0 Å². The van der Waals surface area contributed by atoms with Crippen molar-refractivity contribution < 1.29 is 24.2 Å². The van der Waals surface area contributed by atoms with Gasteiger partial charge < -0.3 is 19.9 Å². The topological polar surface area (TPSA) is 84.9 Å². The van der Waals surface area contributed by atoms with Gasteiger partial charge in [-0.2, -0.15) is 11.8 Å². The lowest BCUT2D eigenvalue weighted by Crippen LogP contribution is -2.40. The van der Waals surface area contributed by atoms with E-state index in [1.54, 1.807) is 30.0 Å². The summed E-state index contributed by atoms with van der Waals surface area (Å²) in [6.07, 6.45) is -0.569. The molecule has 1 aliphatic rings. The Morgan fingerprint density at radius 3 is 2.77 bits per heavy atom. The van der Waals surface area contributed by atoms with Crippen molar-refractivity contribution in [3.8, 4) is 11.5 Å². The van der Waals surface area contributed by atoms with Crippen molar-refractivity contribution in [2.45, 2.75) is 18.3 Å². The number of nitrogens with one attached hydrogen (secondary N) is 1. The van der Waals surface area contributed by atoms with Crippen LogP contribution < -0.4 is 14.8 Å². The monoisotopic (exact) mass is 373 g/mol. The van der Waals surface area contributed by atoms with Crippen LogP contribution in [0.3, 0.4) is 0 Å². The Hall–Kier alpha value is -2.67. The first-order valence-corrected chi connectivity index (χ1v) is 9.35. The second-order valence-corrected chi connectivity index (χ2v) is 6.86.